The maximum absolute atomic E-state index is 13.7. The van der Waals surface area contributed by atoms with E-state index in [-0.39, 0.29) is 24.0 Å². The number of aromatic amines is 1. The highest BCUT2D eigenvalue weighted by atomic mass is 31.0. The molecule has 2 atom stereocenters. The Morgan fingerprint density at radius 3 is 2.92 bits per heavy atom. The molecular formula is C23H20F3N8O2P. The number of allylic oxidation sites excluding steroid dienone is 5. The lowest BCUT2D eigenvalue weighted by Crippen LogP contribution is -2.41. The van der Waals surface area contributed by atoms with Gasteiger partial charge in [0.1, 0.15) is 17.4 Å². The van der Waals surface area contributed by atoms with Gasteiger partial charge in [0.2, 0.25) is 0 Å². The van der Waals surface area contributed by atoms with Crippen LogP contribution in [0.15, 0.2) is 69.9 Å². The van der Waals surface area contributed by atoms with Crippen molar-refractivity contribution in [2.45, 2.75) is 25.6 Å². The molecule has 5 rings (SSSR count). The lowest BCUT2D eigenvalue weighted by Gasteiger charge is -2.32. The highest BCUT2D eigenvalue weighted by Gasteiger charge is 2.40. The summed E-state index contributed by atoms with van der Waals surface area (Å²) in [7, 11) is 2.50. The number of carbonyl (C=O) groups excluding carboxylic acids is 1. The number of imidazole rings is 1. The Bertz CT molecular complexity index is 1460. The minimum atomic E-state index is -4.64. The van der Waals surface area contributed by atoms with E-state index in [1.54, 1.807) is 25.3 Å². The molecule has 0 saturated heterocycles. The summed E-state index contributed by atoms with van der Waals surface area (Å²) in [5.41, 5.74) is 0.901. The third-order valence-electron chi connectivity index (χ3n) is 5.78. The Kier molecular flexibility index (Phi) is 6.46. The molecule has 0 radical (unpaired) electrons. The molecule has 0 fully saturated rings. The van der Waals surface area contributed by atoms with Crippen LogP contribution in [0.2, 0.25) is 0 Å². The van der Waals surface area contributed by atoms with Crippen molar-refractivity contribution in [3.05, 3.63) is 77.6 Å². The van der Waals surface area contributed by atoms with Gasteiger partial charge in [-0.1, -0.05) is 18.2 Å². The SMILES string of the molecule is C/C=C1/C=CC=C(C(F)(F)F)N1/N=C/[C@H]1c2nc[nH]c2CCN1C(=O)c1nnc(-c2ncccc2P)o1. The first-order valence-electron chi connectivity index (χ1n) is 11.1. The van der Waals surface area contributed by atoms with Gasteiger partial charge in [0, 0.05) is 30.2 Å². The van der Waals surface area contributed by atoms with Crippen LogP contribution in [-0.4, -0.2) is 59.9 Å². The molecule has 3 aromatic heterocycles. The van der Waals surface area contributed by atoms with Gasteiger partial charge in [-0.05, 0) is 25.1 Å². The van der Waals surface area contributed by atoms with Crippen molar-refractivity contribution in [3.63, 3.8) is 0 Å². The van der Waals surface area contributed by atoms with Crippen LogP contribution < -0.4 is 5.30 Å². The Balaban J connectivity index is 1.48. The number of alkyl halides is 3. The number of amides is 1. The molecule has 190 valence electrons. The van der Waals surface area contributed by atoms with E-state index in [0.29, 0.717) is 23.1 Å². The molecule has 0 aliphatic carbocycles. The van der Waals surface area contributed by atoms with Crippen molar-refractivity contribution < 1.29 is 22.4 Å². The van der Waals surface area contributed by atoms with Crippen molar-refractivity contribution in [2.75, 3.05) is 6.54 Å². The monoisotopic (exact) mass is 528 g/mol. The van der Waals surface area contributed by atoms with Crippen LogP contribution in [0, 0.1) is 0 Å². The van der Waals surface area contributed by atoms with Gasteiger partial charge < -0.3 is 14.3 Å². The average Bonchev–Trinajstić information content (AvgIpc) is 3.56. The standard InChI is InChI=1S/C23H20F3N8O2P/c1-2-13-5-3-7-17(23(24,25)26)34(13)30-11-15-18-14(28-12-29-18)8-10-33(15)22(35)21-32-31-20(36-21)19-16(37)6-4-9-27-19/h2-7,9,11-12,15H,8,10,37H2,1H3,(H,28,29)/b13-2-,30-11+/t15-/m0/s1. The molecule has 0 aromatic carbocycles. The second-order valence-electron chi connectivity index (χ2n) is 8.01. The highest BCUT2D eigenvalue weighted by Crippen LogP contribution is 2.35. The zero-order valence-electron chi connectivity index (χ0n) is 19.3. The molecule has 0 spiro atoms. The second-order valence-corrected chi connectivity index (χ2v) is 8.63. The van der Waals surface area contributed by atoms with Gasteiger partial charge in [-0.2, -0.15) is 18.3 Å². The Morgan fingerprint density at radius 1 is 1.32 bits per heavy atom. The number of aromatic nitrogens is 5. The van der Waals surface area contributed by atoms with Crippen LogP contribution in [0.5, 0.6) is 0 Å². The second kappa shape index (κ2) is 9.74. The van der Waals surface area contributed by atoms with Crippen LogP contribution in [0.25, 0.3) is 11.6 Å². The quantitative estimate of drug-likeness (QED) is 0.408. The van der Waals surface area contributed by atoms with E-state index in [0.717, 1.165) is 16.8 Å². The van der Waals surface area contributed by atoms with Crippen LogP contribution in [0.3, 0.4) is 0 Å². The number of H-pyrrole nitrogens is 1. The molecule has 3 aromatic rings. The molecule has 37 heavy (non-hydrogen) atoms. The van der Waals surface area contributed by atoms with Gasteiger partial charge in [0.25, 0.3) is 5.89 Å². The number of pyridine rings is 1. The summed E-state index contributed by atoms with van der Waals surface area (Å²) in [5.74, 6) is -0.829. The van der Waals surface area contributed by atoms with Gasteiger partial charge >= 0.3 is 18.0 Å². The van der Waals surface area contributed by atoms with Gasteiger partial charge in [0.15, 0.2) is 0 Å². The van der Waals surface area contributed by atoms with Crippen LogP contribution in [0.4, 0.5) is 13.2 Å². The largest absolute Gasteiger partial charge is 0.433 e. The van der Waals surface area contributed by atoms with E-state index in [1.165, 1.54) is 35.7 Å². The first-order valence-corrected chi connectivity index (χ1v) is 11.7. The fourth-order valence-electron chi connectivity index (χ4n) is 4.02. The lowest BCUT2D eigenvalue weighted by molar-refractivity contribution is -0.108. The van der Waals surface area contributed by atoms with Crippen molar-refractivity contribution >= 4 is 26.7 Å². The van der Waals surface area contributed by atoms with E-state index in [1.807, 2.05) is 0 Å². The molecule has 14 heteroatoms. The molecule has 2 aliphatic heterocycles. The summed E-state index contributed by atoms with van der Waals surface area (Å²) < 4.78 is 46.7. The van der Waals surface area contributed by atoms with E-state index < -0.39 is 23.8 Å². The number of carbonyl (C=O) groups is 1. The summed E-state index contributed by atoms with van der Waals surface area (Å²) in [6.07, 6.45) is 5.35. The number of halogens is 3. The van der Waals surface area contributed by atoms with Crippen LogP contribution >= 0.6 is 9.24 Å². The molecule has 10 nitrogen and oxygen atoms in total. The van der Waals surface area contributed by atoms with E-state index in [2.05, 4.69) is 39.5 Å². The summed E-state index contributed by atoms with van der Waals surface area (Å²) in [5, 5.41) is 13.5. The van der Waals surface area contributed by atoms with Gasteiger partial charge in [-0.3, -0.25) is 9.78 Å². The predicted molar refractivity (Wildman–Crippen MR) is 130 cm³/mol. The number of hydrazone groups is 1. The fourth-order valence-corrected chi connectivity index (χ4v) is 4.33. The summed E-state index contributed by atoms with van der Waals surface area (Å²) >= 11 is 0. The lowest BCUT2D eigenvalue weighted by atomic mass is 10.0. The average molecular weight is 528 g/mol. The number of nitrogens with one attached hydrogen (secondary N) is 1. The molecule has 1 unspecified atom stereocenters. The topological polar surface area (TPSA) is 116 Å². The predicted octanol–water partition coefficient (Wildman–Crippen LogP) is 3.30. The Labute approximate surface area is 210 Å². The summed E-state index contributed by atoms with van der Waals surface area (Å²) in [4.78, 5) is 26.3. The number of rotatable bonds is 4. The molecule has 0 bridgehead atoms. The third kappa shape index (κ3) is 4.69. The molecule has 1 N–H and O–H groups in total. The number of nitrogens with zero attached hydrogens (tertiary/aromatic N) is 7. The van der Waals surface area contributed by atoms with Crippen molar-refractivity contribution in [1.82, 2.24) is 35.1 Å². The van der Waals surface area contributed by atoms with Crippen molar-refractivity contribution in [3.8, 4) is 11.6 Å². The van der Waals surface area contributed by atoms with Crippen LogP contribution in [-0.2, 0) is 6.42 Å². The van der Waals surface area contributed by atoms with E-state index in [4.69, 9.17) is 4.42 Å². The fraction of sp³-hybridized carbons (Fsp3) is 0.217. The van der Waals surface area contributed by atoms with Crippen molar-refractivity contribution in [1.29, 1.82) is 0 Å². The van der Waals surface area contributed by atoms with E-state index >= 15 is 0 Å². The minimum absolute atomic E-state index is 0.0643. The van der Waals surface area contributed by atoms with E-state index in [9.17, 15) is 18.0 Å². The normalized spacial score (nSPS) is 19.0. The van der Waals surface area contributed by atoms with Gasteiger partial charge in [0.05, 0.1) is 23.9 Å². The Hall–Kier alpha value is -4.12. The number of hydrogen-bond donors (Lipinski definition) is 1. The van der Waals surface area contributed by atoms with Crippen LogP contribution in [0.1, 0.15) is 35.0 Å². The third-order valence-corrected chi connectivity index (χ3v) is 6.25. The highest BCUT2D eigenvalue weighted by molar-refractivity contribution is 7.27. The first-order chi connectivity index (χ1) is 17.8. The zero-order valence-corrected chi connectivity index (χ0v) is 20.5. The summed E-state index contributed by atoms with van der Waals surface area (Å²) in [6.45, 7) is 1.83. The smallest absolute Gasteiger partial charge is 0.411 e. The minimum Gasteiger partial charge on any atom is -0.411 e. The maximum atomic E-state index is 13.7. The molecular weight excluding hydrogens is 508 g/mol. The zero-order chi connectivity index (χ0) is 26.2. The van der Waals surface area contributed by atoms with Crippen molar-refractivity contribution in [2.24, 2.45) is 5.10 Å². The molecule has 1 amide bonds. The molecule has 5 heterocycles. The first kappa shape index (κ1) is 24.6. The maximum Gasteiger partial charge on any atom is 0.433 e. The molecule has 0 saturated carbocycles. The van der Waals surface area contributed by atoms with Gasteiger partial charge in [-0.15, -0.1) is 19.4 Å². The number of hydrogen-bond acceptors (Lipinski definition) is 8. The molecule has 2 aliphatic rings. The Morgan fingerprint density at radius 2 is 2.16 bits per heavy atom. The number of fused-ring (bicyclic) bond motifs is 1. The van der Waals surface area contributed by atoms with Gasteiger partial charge in [-0.25, -0.2) is 9.99 Å². The summed E-state index contributed by atoms with van der Waals surface area (Å²) in [6, 6.07) is 2.64.